The largest absolute Gasteiger partial charge is 0.276 e. The van der Waals surface area contributed by atoms with Crippen LogP contribution in [-0.4, -0.2) is 0.564 Å². The van der Waals surface area contributed by atoms with Crippen LogP contribution >= 0.6 is 65.4 Å². The molecule has 0 atom stereocenters. The average molecular weight is 660 g/mol. The van der Waals surface area contributed by atoms with Gasteiger partial charge in [-0.25, -0.2) is 0 Å². The highest BCUT2D eigenvalue weighted by Gasteiger charge is 2.15. The molecule has 132 valence electrons. The molecule has 4 heteroatoms. The fourth-order valence-electron chi connectivity index (χ4n) is 2.67. The smallest absolute Gasteiger partial charge is 0.0901 e. The van der Waals surface area contributed by atoms with Crippen LogP contribution < -0.4 is 0 Å². The third kappa shape index (κ3) is 22.1. The summed E-state index contributed by atoms with van der Waals surface area (Å²) in [6, 6.07) is 0. The molecule has 0 N–H and O–H groups in total. The molecule has 22 heavy (non-hydrogen) atoms. The van der Waals surface area contributed by atoms with Gasteiger partial charge in [0.2, 0.25) is 0 Å². The molecule has 0 saturated heterocycles. The summed E-state index contributed by atoms with van der Waals surface area (Å²) in [7, 11) is 0. The van der Waals surface area contributed by atoms with Crippen LogP contribution in [0, 0.1) is 0 Å². The molecule has 0 fully saturated rings. The van der Waals surface area contributed by atoms with E-state index in [1.165, 1.54) is 96.3 Å². The van der Waals surface area contributed by atoms with E-state index in [1.54, 1.807) is 0 Å². The second-order valence-electron chi connectivity index (χ2n) is 6.33. The van der Waals surface area contributed by atoms with Crippen LogP contribution in [0.1, 0.15) is 103 Å². The van der Waals surface area contributed by atoms with Crippen LogP contribution in [0.2, 0.25) is 0 Å². The molecule has 0 aromatic carbocycles. The second kappa shape index (κ2) is 18.0. The highest BCUT2D eigenvalue weighted by atomic mass is 127. The summed E-state index contributed by atoms with van der Waals surface area (Å²) in [4.78, 5) is 0. The first-order valence-corrected chi connectivity index (χ1v) is 20.7. The van der Waals surface area contributed by atoms with Crippen molar-refractivity contribution in [1.29, 1.82) is 0 Å². The first-order valence-electron chi connectivity index (χ1n) is 9.30. The third-order valence-electron chi connectivity index (χ3n) is 4.03. The van der Waals surface area contributed by atoms with E-state index in [2.05, 4.69) is 84.1 Å². The molecular formula is C18H35I3Si. The topological polar surface area (TPSA) is 0 Å². The van der Waals surface area contributed by atoms with Gasteiger partial charge in [-0.05, 0) is 12.8 Å². The Bertz CT molecular complexity index is 249. The molecule has 0 amide bonds. The van der Waals surface area contributed by atoms with Crippen molar-refractivity contribution in [3.05, 3.63) is 11.8 Å². The summed E-state index contributed by atoms with van der Waals surface area (Å²) in [6.45, 7) is 2.29. The Morgan fingerprint density at radius 2 is 0.955 bits per heavy atom. The van der Waals surface area contributed by atoms with Crippen LogP contribution in [0.15, 0.2) is 11.8 Å². The van der Waals surface area contributed by atoms with E-state index in [1.807, 2.05) is 0 Å². The minimum Gasteiger partial charge on any atom is -0.0901 e. The zero-order valence-electron chi connectivity index (χ0n) is 14.4. The zero-order chi connectivity index (χ0) is 16.5. The van der Waals surface area contributed by atoms with Crippen LogP contribution in [-0.2, 0) is 0 Å². The van der Waals surface area contributed by atoms with Crippen molar-refractivity contribution in [3.8, 4) is 0 Å². The van der Waals surface area contributed by atoms with Crippen molar-refractivity contribution in [2.75, 3.05) is 0 Å². The molecule has 0 saturated carbocycles. The van der Waals surface area contributed by atoms with Gasteiger partial charge in [-0.15, -0.1) is 0 Å². The van der Waals surface area contributed by atoms with E-state index < -0.39 is 0.564 Å². The summed E-state index contributed by atoms with van der Waals surface area (Å²) in [5.74, 6) is 0. The van der Waals surface area contributed by atoms with Gasteiger partial charge in [0.1, 0.15) is 0 Å². The molecule has 0 heterocycles. The molecule has 0 nitrogen and oxygen atoms in total. The monoisotopic (exact) mass is 660 g/mol. The van der Waals surface area contributed by atoms with E-state index in [0.717, 1.165) is 0 Å². The Labute approximate surface area is 179 Å². The lowest BCUT2D eigenvalue weighted by Gasteiger charge is -2.03. The number of hydrogen-bond acceptors (Lipinski definition) is 0. The second-order valence-corrected chi connectivity index (χ2v) is 41.6. The molecule has 0 aliphatic carbocycles. The predicted molar refractivity (Wildman–Crippen MR) is 132 cm³/mol. The first kappa shape index (κ1) is 24.1. The average Bonchev–Trinajstić information content (AvgIpc) is 2.45. The Morgan fingerprint density at radius 1 is 0.591 bits per heavy atom. The molecule has 0 radical (unpaired) electrons. The van der Waals surface area contributed by atoms with Crippen molar-refractivity contribution in [2.24, 2.45) is 0 Å². The third-order valence-corrected chi connectivity index (χ3v) is 7.88. The molecule has 0 aromatic heterocycles. The van der Waals surface area contributed by atoms with Gasteiger partial charge in [0.25, 0.3) is 0.564 Å². The molecule has 0 aliphatic rings. The van der Waals surface area contributed by atoms with Gasteiger partial charge in [0, 0.05) is 0 Å². The summed E-state index contributed by atoms with van der Waals surface area (Å²) in [5.41, 5.74) is 2.46. The maximum Gasteiger partial charge on any atom is 0.276 e. The van der Waals surface area contributed by atoms with Crippen molar-refractivity contribution in [3.63, 3.8) is 0 Å². The standard InChI is InChI=1S/C18H35I3Si/c1-2-3-4-5-6-7-8-9-10-11-12-13-14-15-16-17-18-22(19,20)21/h17-18H,2-16H2,1H3. The molecule has 0 aliphatic heterocycles. The summed E-state index contributed by atoms with van der Waals surface area (Å²) in [5, 5.41) is 0. The zero-order valence-corrected chi connectivity index (χ0v) is 21.9. The van der Waals surface area contributed by atoms with E-state index in [9.17, 15) is 0 Å². The number of unbranched alkanes of at least 4 members (excludes halogenated alkanes) is 14. The minimum absolute atomic E-state index is 1.03. The lowest BCUT2D eigenvalue weighted by molar-refractivity contribution is 0.536. The van der Waals surface area contributed by atoms with Gasteiger partial charge in [-0.2, -0.15) is 0 Å². The molecular weight excluding hydrogens is 625 g/mol. The van der Waals surface area contributed by atoms with Crippen molar-refractivity contribution in [2.45, 2.75) is 103 Å². The first-order chi connectivity index (χ1) is 10.6. The highest BCUT2D eigenvalue weighted by Crippen LogP contribution is 2.30. The SMILES string of the molecule is CCCCCCCCCCCCCCCCC=C[Si](I)(I)I. The number of allylic oxidation sites excluding steroid dienone is 1. The van der Waals surface area contributed by atoms with Gasteiger partial charge in [-0.1, -0.05) is 168 Å². The fraction of sp³-hybridized carbons (Fsp3) is 0.889. The lowest BCUT2D eigenvalue weighted by Crippen LogP contribution is -1.98. The van der Waals surface area contributed by atoms with Gasteiger partial charge in [0.15, 0.2) is 0 Å². The molecule has 0 unspecified atom stereocenters. The predicted octanol–water partition coefficient (Wildman–Crippen LogP) is 9.20. The lowest BCUT2D eigenvalue weighted by atomic mass is 10.0. The van der Waals surface area contributed by atoms with E-state index in [4.69, 9.17) is 0 Å². The van der Waals surface area contributed by atoms with Gasteiger partial charge in [-0.3, -0.25) is 0 Å². The van der Waals surface area contributed by atoms with Crippen molar-refractivity contribution in [1.82, 2.24) is 0 Å². The van der Waals surface area contributed by atoms with Gasteiger partial charge < -0.3 is 0 Å². The van der Waals surface area contributed by atoms with Crippen molar-refractivity contribution < 1.29 is 0 Å². The maximum atomic E-state index is 2.60. The fourth-order valence-corrected chi connectivity index (χ4v) is 5.40. The Balaban J connectivity index is 3.07. The number of halogens is 3. The molecule has 0 bridgehead atoms. The van der Waals surface area contributed by atoms with E-state index in [-0.39, 0.29) is 0 Å². The van der Waals surface area contributed by atoms with E-state index in [0.29, 0.717) is 0 Å². The maximum absolute atomic E-state index is 2.60. The van der Waals surface area contributed by atoms with Crippen molar-refractivity contribution >= 4 is 66.0 Å². The van der Waals surface area contributed by atoms with Crippen LogP contribution in [0.5, 0.6) is 0 Å². The quantitative estimate of drug-likeness (QED) is 0.0671. The number of rotatable bonds is 16. The Kier molecular flexibility index (Phi) is 19.7. The molecule has 0 rings (SSSR count). The van der Waals surface area contributed by atoms with Crippen LogP contribution in [0.25, 0.3) is 0 Å². The Morgan fingerprint density at radius 3 is 1.32 bits per heavy atom. The summed E-state index contributed by atoms with van der Waals surface area (Å²) in [6.07, 6.45) is 24.0. The minimum atomic E-state index is -1.03. The summed E-state index contributed by atoms with van der Waals surface area (Å²) >= 11 is 7.81. The van der Waals surface area contributed by atoms with Crippen LogP contribution in [0.4, 0.5) is 0 Å². The van der Waals surface area contributed by atoms with Gasteiger partial charge in [0.05, 0.1) is 0 Å². The molecule has 0 spiro atoms. The van der Waals surface area contributed by atoms with Crippen LogP contribution in [0.3, 0.4) is 0 Å². The number of hydrogen-bond donors (Lipinski definition) is 0. The highest BCUT2D eigenvalue weighted by molar-refractivity contribution is 14.4. The normalized spacial score (nSPS) is 12.4. The Hall–Kier alpha value is 2.15. The van der Waals surface area contributed by atoms with E-state index >= 15 is 0 Å². The summed E-state index contributed by atoms with van der Waals surface area (Å²) < 4.78 is -1.03. The van der Waals surface area contributed by atoms with Gasteiger partial charge >= 0.3 is 0 Å². The molecule has 0 aromatic rings.